The molecule has 124 valence electrons. The summed E-state index contributed by atoms with van der Waals surface area (Å²) in [6, 6.07) is 18.7. The molecule has 3 rings (SSSR count). The highest BCUT2D eigenvalue weighted by Gasteiger charge is 2.31. The lowest BCUT2D eigenvalue weighted by molar-refractivity contribution is -0.0629. The first-order chi connectivity index (χ1) is 11.3. The van der Waals surface area contributed by atoms with Gasteiger partial charge in [-0.1, -0.05) is 61.9 Å². The van der Waals surface area contributed by atoms with Gasteiger partial charge < -0.3 is 8.92 Å². The van der Waals surface area contributed by atoms with E-state index in [1.165, 1.54) is 23.2 Å². The molecule has 1 aliphatic carbocycles. The molecule has 0 aromatic heterocycles. The summed E-state index contributed by atoms with van der Waals surface area (Å²) in [6.45, 7) is 6.79. The lowest BCUT2D eigenvalue weighted by atomic mass is 9.92. The molecule has 2 nitrogen and oxygen atoms in total. The van der Waals surface area contributed by atoms with E-state index in [0.29, 0.717) is 18.8 Å². The van der Waals surface area contributed by atoms with Gasteiger partial charge in [0.1, 0.15) is 0 Å². The monoisotopic (exact) mass is 330 g/mol. The van der Waals surface area contributed by atoms with E-state index in [1.807, 2.05) is 32.0 Å². The molecule has 0 aliphatic heterocycles. The average Bonchev–Trinajstić information content (AvgIpc) is 2.57. The molecule has 23 heavy (non-hydrogen) atoms. The minimum Gasteiger partial charge on any atom is -0.373 e. The summed E-state index contributed by atoms with van der Waals surface area (Å²) in [4.78, 5) is 1.16. The number of rotatable bonds is 6. The number of aryl methyl sites for hydroxylation is 1. The third kappa shape index (κ3) is 6.02. The average molecular weight is 330 g/mol. The summed E-state index contributed by atoms with van der Waals surface area (Å²) >= 11 is 1.47. The Morgan fingerprint density at radius 2 is 1.57 bits per heavy atom. The molecular formula is C20H26O2S. The van der Waals surface area contributed by atoms with Crippen molar-refractivity contribution in [3.05, 3.63) is 65.7 Å². The maximum atomic E-state index is 5.87. The number of ether oxygens (including phenoxy) is 1. The molecule has 0 saturated heterocycles. The third-order valence-corrected chi connectivity index (χ3v) is 4.51. The van der Waals surface area contributed by atoms with E-state index in [2.05, 4.69) is 43.3 Å². The third-order valence-electron chi connectivity index (χ3n) is 3.68. The Bertz CT molecular complexity index is 548. The van der Waals surface area contributed by atoms with E-state index < -0.39 is 0 Å². The molecule has 0 unspecified atom stereocenters. The van der Waals surface area contributed by atoms with Crippen LogP contribution in [0.15, 0.2) is 59.5 Å². The molecule has 0 heterocycles. The predicted octanol–water partition coefficient (Wildman–Crippen LogP) is 5.79. The van der Waals surface area contributed by atoms with Gasteiger partial charge in [0.25, 0.3) is 0 Å². The Morgan fingerprint density at radius 3 is 2.22 bits per heavy atom. The molecule has 1 aliphatic rings. The SMILES string of the molecule is CC.Cc1ccc(SOC2CC(OCc3ccccc3)C2)cc1. The van der Waals surface area contributed by atoms with E-state index in [9.17, 15) is 0 Å². The molecular weight excluding hydrogens is 304 g/mol. The van der Waals surface area contributed by atoms with Gasteiger partial charge in [-0.05, 0) is 24.6 Å². The fourth-order valence-electron chi connectivity index (χ4n) is 2.24. The predicted molar refractivity (Wildman–Crippen MR) is 97.5 cm³/mol. The quantitative estimate of drug-likeness (QED) is 0.624. The molecule has 1 saturated carbocycles. The molecule has 2 aromatic rings. The van der Waals surface area contributed by atoms with Crippen LogP contribution >= 0.6 is 12.0 Å². The number of hydrogen-bond acceptors (Lipinski definition) is 3. The van der Waals surface area contributed by atoms with E-state index >= 15 is 0 Å². The Morgan fingerprint density at radius 1 is 0.913 bits per heavy atom. The maximum Gasteiger partial charge on any atom is 0.0776 e. The molecule has 0 bridgehead atoms. The van der Waals surface area contributed by atoms with Gasteiger partial charge >= 0.3 is 0 Å². The molecule has 0 radical (unpaired) electrons. The highest BCUT2D eigenvalue weighted by molar-refractivity contribution is 7.94. The van der Waals surface area contributed by atoms with E-state index in [4.69, 9.17) is 8.92 Å². The fraction of sp³-hybridized carbons (Fsp3) is 0.400. The van der Waals surface area contributed by atoms with Crippen LogP contribution in [0.5, 0.6) is 0 Å². The van der Waals surface area contributed by atoms with Gasteiger partial charge in [-0.15, -0.1) is 0 Å². The van der Waals surface area contributed by atoms with Crippen LogP contribution < -0.4 is 0 Å². The van der Waals surface area contributed by atoms with Gasteiger partial charge in [0.2, 0.25) is 0 Å². The number of hydrogen-bond donors (Lipinski definition) is 0. The second kappa shape index (κ2) is 9.76. The van der Waals surface area contributed by atoms with Crippen LogP contribution in [0, 0.1) is 6.92 Å². The van der Waals surface area contributed by atoms with Crippen molar-refractivity contribution in [3.63, 3.8) is 0 Å². The van der Waals surface area contributed by atoms with Crippen LogP contribution in [0.25, 0.3) is 0 Å². The van der Waals surface area contributed by atoms with Crippen molar-refractivity contribution in [2.75, 3.05) is 0 Å². The smallest absolute Gasteiger partial charge is 0.0776 e. The normalized spacial score (nSPS) is 19.4. The standard InChI is InChI=1S/C18H20O2S.C2H6/c1-14-7-9-18(10-8-14)21-20-17-11-16(12-17)19-13-15-5-3-2-4-6-15;1-2/h2-10,16-17H,11-13H2,1H3;1-2H3. The second-order valence-electron chi connectivity index (χ2n) is 5.50. The molecule has 3 heteroatoms. The van der Waals surface area contributed by atoms with Crippen molar-refractivity contribution in [2.24, 2.45) is 0 Å². The summed E-state index contributed by atoms with van der Waals surface area (Å²) < 4.78 is 11.7. The Balaban J connectivity index is 0.000000924. The minimum absolute atomic E-state index is 0.317. The van der Waals surface area contributed by atoms with Gasteiger partial charge in [0, 0.05) is 29.8 Å². The maximum absolute atomic E-state index is 5.87. The first-order valence-electron chi connectivity index (χ1n) is 8.35. The summed E-state index contributed by atoms with van der Waals surface area (Å²) in [6.07, 6.45) is 2.64. The molecule has 2 aromatic carbocycles. The van der Waals surface area contributed by atoms with Crippen molar-refractivity contribution in [2.45, 2.75) is 57.3 Å². The van der Waals surface area contributed by atoms with Crippen LogP contribution in [-0.4, -0.2) is 12.2 Å². The first kappa shape index (κ1) is 18.1. The van der Waals surface area contributed by atoms with Crippen molar-refractivity contribution >= 4 is 12.0 Å². The van der Waals surface area contributed by atoms with Crippen molar-refractivity contribution in [3.8, 4) is 0 Å². The van der Waals surface area contributed by atoms with Crippen LogP contribution in [0.2, 0.25) is 0 Å². The summed E-state index contributed by atoms with van der Waals surface area (Å²) in [5, 5.41) is 0. The highest BCUT2D eigenvalue weighted by Crippen LogP contribution is 2.32. The fourth-order valence-corrected chi connectivity index (χ4v) is 2.89. The molecule has 0 N–H and O–H groups in total. The highest BCUT2D eigenvalue weighted by atomic mass is 32.2. The van der Waals surface area contributed by atoms with Gasteiger partial charge in [0.05, 0.1) is 18.8 Å². The largest absolute Gasteiger partial charge is 0.373 e. The second-order valence-corrected chi connectivity index (χ2v) is 6.34. The van der Waals surface area contributed by atoms with Gasteiger partial charge in [-0.2, -0.15) is 0 Å². The molecule has 1 fully saturated rings. The Labute approximate surface area is 144 Å². The van der Waals surface area contributed by atoms with Gasteiger partial charge in [-0.25, -0.2) is 0 Å². The van der Waals surface area contributed by atoms with Crippen molar-refractivity contribution < 1.29 is 8.92 Å². The topological polar surface area (TPSA) is 18.5 Å². The van der Waals surface area contributed by atoms with Crippen LogP contribution in [0.4, 0.5) is 0 Å². The van der Waals surface area contributed by atoms with Crippen LogP contribution in [0.1, 0.15) is 37.8 Å². The zero-order valence-electron chi connectivity index (χ0n) is 14.2. The molecule has 0 spiro atoms. The first-order valence-corrected chi connectivity index (χ1v) is 9.09. The van der Waals surface area contributed by atoms with Crippen molar-refractivity contribution in [1.29, 1.82) is 0 Å². The molecule has 0 atom stereocenters. The summed E-state index contributed by atoms with van der Waals surface area (Å²) in [5.41, 5.74) is 2.51. The molecule has 0 amide bonds. The summed E-state index contributed by atoms with van der Waals surface area (Å²) in [5.74, 6) is 0. The lowest BCUT2D eigenvalue weighted by Crippen LogP contribution is -2.36. The van der Waals surface area contributed by atoms with E-state index in [0.717, 1.165) is 17.7 Å². The number of benzene rings is 2. The minimum atomic E-state index is 0.317. The Kier molecular flexibility index (Phi) is 7.66. The van der Waals surface area contributed by atoms with Crippen molar-refractivity contribution in [1.82, 2.24) is 0 Å². The lowest BCUT2D eigenvalue weighted by Gasteiger charge is -2.34. The van der Waals surface area contributed by atoms with Gasteiger partial charge in [0.15, 0.2) is 0 Å². The van der Waals surface area contributed by atoms with Gasteiger partial charge in [-0.3, -0.25) is 0 Å². The zero-order valence-corrected chi connectivity index (χ0v) is 15.0. The van der Waals surface area contributed by atoms with Crippen LogP contribution in [-0.2, 0) is 15.5 Å². The Hall–Kier alpha value is -1.29. The van der Waals surface area contributed by atoms with E-state index in [1.54, 1.807) is 0 Å². The van der Waals surface area contributed by atoms with E-state index in [-0.39, 0.29) is 0 Å². The van der Waals surface area contributed by atoms with Crippen LogP contribution in [0.3, 0.4) is 0 Å². The summed E-state index contributed by atoms with van der Waals surface area (Å²) in [7, 11) is 0. The zero-order chi connectivity index (χ0) is 16.5.